The number of hydrogen-bond acceptors (Lipinski definition) is 1. The molecule has 1 aliphatic heterocycles. The maximum Gasteiger partial charge on any atom is 0.166 e. The monoisotopic (exact) mass is 520 g/mol. The molecule has 0 aliphatic carbocycles. The van der Waals surface area contributed by atoms with Crippen molar-refractivity contribution in [2.24, 2.45) is 0 Å². The first kappa shape index (κ1) is 28.2. The summed E-state index contributed by atoms with van der Waals surface area (Å²) in [4.78, 5) is 0. The first-order chi connectivity index (χ1) is 18.5. The van der Waals surface area contributed by atoms with Crippen molar-refractivity contribution in [1.29, 1.82) is 0 Å². The molecule has 2 atom stereocenters. The largest absolute Gasteiger partial charge is 0.374 e. The molecule has 0 aromatic heterocycles. The van der Waals surface area contributed by atoms with Crippen LogP contribution in [0.25, 0.3) is 22.3 Å². The first-order valence-electron chi connectivity index (χ1n) is 14.1. The van der Waals surface area contributed by atoms with Crippen LogP contribution in [0, 0.1) is 17.5 Å². The predicted molar refractivity (Wildman–Crippen MR) is 151 cm³/mol. The Morgan fingerprint density at radius 1 is 0.789 bits per heavy atom. The molecule has 1 aliphatic rings. The van der Waals surface area contributed by atoms with E-state index in [1.807, 2.05) is 43.3 Å². The quantitative estimate of drug-likeness (QED) is 0.180. The van der Waals surface area contributed by atoms with Crippen molar-refractivity contribution in [1.82, 2.24) is 0 Å². The number of allylic oxidation sites excluding steroid dienone is 1. The Bertz CT molecular complexity index is 1210. The van der Waals surface area contributed by atoms with Gasteiger partial charge in [0.1, 0.15) is 5.82 Å². The van der Waals surface area contributed by atoms with Crippen molar-refractivity contribution in [2.75, 3.05) is 6.61 Å². The normalized spacial score (nSPS) is 17.8. The van der Waals surface area contributed by atoms with Gasteiger partial charge in [0.05, 0.1) is 12.7 Å². The zero-order chi connectivity index (χ0) is 26.9. The minimum atomic E-state index is -0.803. The van der Waals surface area contributed by atoms with E-state index in [0.717, 1.165) is 43.2 Å². The fourth-order valence-electron chi connectivity index (χ4n) is 5.36. The summed E-state index contributed by atoms with van der Waals surface area (Å²) in [5.41, 5.74) is 3.55. The molecule has 4 heteroatoms. The van der Waals surface area contributed by atoms with Crippen molar-refractivity contribution in [2.45, 2.75) is 83.7 Å². The van der Waals surface area contributed by atoms with Crippen LogP contribution in [0.1, 0.15) is 82.3 Å². The molecule has 0 saturated carbocycles. The summed E-state index contributed by atoms with van der Waals surface area (Å²) in [6, 6.07) is 15.9. The van der Waals surface area contributed by atoms with Gasteiger partial charge in [-0.05, 0) is 66.5 Å². The molecule has 3 aromatic carbocycles. The number of rotatable bonds is 11. The van der Waals surface area contributed by atoms with Gasteiger partial charge in [-0.1, -0.05) is 99.7 Å². The summed E-state index contributed by atoms with van der Waals surface area (Å²) >= 11 is 0. The molecule has 202 valence electrons. The lowest BCUT2D eigenvalue weighted by atomic mass is 9.89. The van der Waals surface area contributed by atoms with Crippen molar-refractivity contribution in [3.8, 4) is 22.3 Å². The zero-order valence-corrected chi connectivity index (χ0v) is 22.6. The van der Waals surface area contributed by atoms with Crippen LogP contribution in [0.3, 0.4) is 0 Å². The number of aryl methyl sites for hydroxylation is 1. The molecule has 38 heavy (non-hydrogen) atoms. The SMILES string of the molecule is C/C=C/C1CCC(c2ccc(-c3ccc(-c4ccc(CCCCCCCC)c(F)c4F)cc3)cc2F)CO1. The summed E-state index contributed by atoms with van der Waals surface area (Å²) in [5.74, 6) is -1.74. The Morgan fingerprint density at radius 2 is 1.50 bits per heavy atom. The van der Waals surface area contributed by atoms with Gasteiger partial charge in [0.2, 0.25) is 0 Å². The Hall–Kier alpha value is -2.85. The number of halogens is 3. The van der Waals surface area contributed by atoms with Gasteiger partial charge in [-0.15, -0.1) is 0 Å². The van der Waals surface area contributed by atoms with Crippen LogP contribution in [-0.4, -0.2) is 12.7 Å². The van der Waals surface area contributed by atoms with E-state index in [1.54, 1.807) is 30.3 Å². The maximum absolute atomic E-state index is 15.1. The Labute approximate surface area is 225 Å². The van der Waals surface area contributed by atoms with Crippen LogP contribution >= 0.6 is 0 Å². The van der Waals surface area contributed by atoms with Crippen LogP contribution in [0.2, 0.25) is 0 Å². The van der Waals surface area contributed by atoms with Gasteiger partial charge in [0, 0.05) is 11.5 Å². The topological polar surface area (TPSA) is 9.23 Å². The van der Waals surface area contributed by atoms with Gasteiger partial charge in [-0.2, -0.15) is 0 Å². The molecule has 0 spiro atoms. The minimum absolute atomic E-state index is 0.0508. The second kappa shape index (κ2) is 13.8. The van der Waals surface area contributed by atoms with E-state index in [2.05, 4.69) is 6.92 Å². The second-order valence-corrected chi connectivity index (χ2v) is 10.4. The van der Waals surface area contributed by atoms with E-state index in [4.69, 9.17) is 4.74 Å². The molecule has 0 radical (unpaired) electrons. The zero-order valence-electron chi connectivity index (χ0n) is 22.6. The molecule has 0 bridgehead atoms. The number of benzene rings is 3. The molecule has 0 N–H and O–H groups in total. The summed E-state index contributed by atoms with van der Waals surface area (Å²) in [5, 5.41) is 0. The molecule has 1 nitrogen and oxygen atoms in total. The minimum Gasteiger partial charge on any atom is -0.374 e. The highest BCUT2D eigenvalue weighted by atomic mass is 19.2. The van der Waals surface area contributed by atoms with Crippen LogP contribution < -0.4 is 0 Å². The Morgan fingerprint density at radius 3 is 2.18 bits per heavy atom. The molecule has 2 unspecified atom stereocenters. The summed E-state index contributed by atoms with van der Waals surface area (Å²) < 4.78 is 50.7. The molecule has 1 heterocycles. The van der Waals surface area contributed by atoms with Crippen LogP contribution in [0.5, 0.6) is 0 Å². The fraction of sp³-hybridized carbons (Fsp3) is 0.412. The lowest BCUT2D eigenvalue weighted by molar-refractivity contribution is 0.0319. The molecule has 0 amide bonds. The average Bonchev–Trinajstić information content (AvgIpc) is 2.94. The molecular weight excluding hydrogens is 481 g/mol. The predicted octanol–water partition coefficient (Wildman–Crippen LogP) is 10.2. The number of unbranched alkanes of at least 4 members (excludes halogenated alkanes) is 5. The van der Waals surface area contributed by atoms with E-state index >= 15 is 4.39 Å². The van der Waals surface area contributed by atoms with E-state index in [9.17, 15) is 8.78 Å². The van der Waals surface area contributed by atoms with Gasteiger partial charge < -0.3 is 4.74 Å². The molecule has 3 aromatic rings. The van der Waals surface area contributed by atoms with Crippen LogP contribution in [-0.2, 0) is 11.2 Å². The molecule has 4 rings (SSSR count). The summed E-state index contributed by atoms with van der Waals surface area (Å²) in [6.45, 7) is 4.67. The number of hydrogen-bond donors (Lipinski definition) is 0. The van der Waals surface area contributed by atoms with Gasteiger partial charge in [0.25, 0.3) is 0 Å². The highest BCUT2D eigenvalue weighted by molar-refractivity contribution is 5.71. The third-order valence-corrected chi connectivity index (χ3v) is 7.65. The number of ether oxygens (including phenoxy) is 1. The third kappa shape index (κ3) is 6.96. The summed E-state index contributed by atoms with van der Waals surface area (Å²) in [7, 11) is 0. The highest BCUT2D eigenvalue weighted by Crippen LogP contribution is 2.34. The van der Waals surface area contributed by atoms with Crippen molar-refractivity contribution >= 4 is 0 Å². The third-order valence-electron chi connectivity index (χ3n) is 7.65. The Kier molecular flexibility index (Phi) is 10.2. The van der Waals surface area contributed by atoms with E-state index in [1.165, 1.54) is 19.3 Å². The van der Waals surface area contributed by atoms with Gasteiger partial charge >= 0.3 is 0 Å². The lowest BCUT2D eigenvalue weighted by Gasteiger charge is -2.28. The van der Waals surface area contributed by atoms with Crippen LogP contribution in [0.15, 0.2) is 66.7 Å². The van der Waals surface area contributed by atoms with Crippen molar-refractivity contribution < 1.29 is 17.9 Å². The maximum atomic E-state index is 15.1. The van der Waals surface area contributed by atoms with Gasteiger partial charge in [-0.25, -0.2) is 13.2 Å². The Balaban J connectivity index is 1.41. The van der Waals surface area contributed by atoms with E-state index in [0.29, 0.717) is 29.7 Å². The van der Waals surface area contributed by atoms with Crippen molar-refractivity contribution in [3.05, 3.63) is 95.3 Å². The van der Waals surface area contributed by atoms with E-state index < -0.39 is 11.6 Å². The van der Waals surface area contributed by atoms with E-state index in [-0.39, 0.29) is 23.4 Å². The van der Waals surface area contributed by atoms with Gasteiger partial charge in [-0.3, -0.25) is 0 Å². The highest BCUT2D eigenvalue weighted by Gasteiger charge is 2.24. The standard InChI is InChI=1S/C34H39F3O/c1-3-5-6-7-8-9-11-26-17-21-31(34(37)33(26)36)25-14-12-24(13-15-25)27-18-20-30(32(35)22-27)28-16-19-29(10-4-2)38-23-28/h4,10,12-15,17-18,20-22,28-29H,3,5-9,11,16,19,23H2,1-2H3/b10-4+. The first-order valence-corrected chi connectivity index (χ1v) is 14.1. The smallest absolute Gasteiger partial charge is 0.166 e. The fourth-order valence-corrected chi connectivity index (χ4v) is 5.36. The van der Waals surface area contributed by atoms with Crippen LogP contribution in [0.4, 0.5) is 13.2 Å². The molecule has 1 saturated heterocycles. The lowest BCUT2D eigenvalue weighted by Crippen LogP contribution is -2.23. The summed E-state index contributed by atoms with van der Waals surface area (Å²) in [6.07, 6.45) is 13.1. The average molecular weight is 521 g/mol. The van der Waals surface area contributed by atoms with Crippen molar-refractivity contribution in [3.63, 3.8) is 0 Å². The second-order valence-electron chi connectivity index (χ2n) is 10.4. The van der Waals surface area contributed by atoms with Gasteiger partial charge in [0.15, 0.2) is 11.6 Å². The molecular formula is C34H39F3O. The molecule has 1 fully saturated rings.